The average Bonchev–Trinajstić information content (AvgIpc) is 3.28. The van der Waals surface area contributed by atoms with Crippen LogP contribution in [0.4, 0.5) is 10.2 Å². The zero-order chi connectivity index (χ0) is 19.7. The van der Waals surface area contributed by atoms with Crippen LogP contribution < -0.4 is 10.1 Å². The summed E-state index contributed by atoms with van der Waals surface area (Å²) < 4.78 is 20.4. The number of pyridine rings is 1. The maximum Gasteiger partial charge on any atom is 0.234 e. The molecule has 0 aromatic carbocycles. The van der Waals surface area contributed by atoms with Crippen molar-refractivity contribution in [2.24, 2.45) is 0 Å². The molecule has 4 heterocycles. The Morgan fingerprint density at radius 1 is 1.14 bits per heavy atom. The molecule has 0 aliphatic rings. The predicted molar refractivity (Wildman–Crippen MR) is 101 cm³/mol. The second-order valence-electron chi connectivity index (χ2n) is 6.54. The second-order valence-corrected chi connectivity index (χ2v) is 6.54. The summed E-state index contributed by atoms with van der Waals surface area (Å²) in [6, 6.07) is 5.22. The van der Waals surface area contributed by atoms with Gasteiger partial charge in [-0.15, -0.1) is 5.10 Å². The molecule has 0 aliphatic heterocycles. The van der Waals surface area contributed by atoms with Crippen LogP contribution in [0.2, 0.25) is 0 Å². The Balaban J connectivity index is 1.61. The number of hydrogen-bond acceptors (Lipinski definition) is 7. The number of rotatable bonds is 6. The first-order chi connectivity index (χ1) is 13.5. The van der Waals surface area contributed by atoms with Gasteiger partial charge in [-0.1, -0.05) is 0 Å². The molecular weight excluding hydrogens is 363 g/mol. The fourth-order valence-electron chi connectivity index (χ4n) is 2.70. The summed E-state index contributed by atoms with van der Waals surface area (Å²) in [6.45, 7) is 5.75. The van der Waals surface area contributed by atoms with Gasteiger partial charge in [0, 0.05) is 6.07 Å². The number of imidazole rings is 1. The molecule has 2 N–H and O–H groups in total. The van der Waals surface area contributed by atoms with Crippen molar-refractivity contribution < 1.29 is 9.13 Å². The molecule has 0 spiro atoms. The van der Waals surface area contributed by atoms with E-state index in [1.807, 2.05) is 32.9 Å². The topological polar surface area (TPSA) is 106 Å². The number of fused-ring (bicyclic) bond motifs is 1. The number of nitrogens with one attached hydrogen (secondary N) is 2. The quantitative estimate of drug-likeness (QED) is 0.528. The van der Waals surface area contributed by atoms with Crippen LogP contribution in [0.3, 0.4) is 0 Å². The summed E-state index contributed by atoms with van der Waals surface area (Å²) in [5.41, 5.74) is 1.38. The van der Waals surface area contributed by atoms with Crippen molar-refractivity contribution in [3.8, 4) is 11.7 Å². The monoisotopic (exact) mass is 382 g/mol. The van der Waals surface area contributed by atoms with Crippen molar-refractivity contribution in [2.45, 2.75) is 32.9 Å². The molecule has 0 bridgehead atoms. The fraction of sp³-hybridized carbons (Fsp3) is 0.278. The van der Waals surface area contributed by atoms with Gasteiger partial charge in [0.25, 0.3) is 0 Å². The highest BCUT2D eigenvalue weighted by Gasteiger charge is 2.13. The van der Waals surface area contributed by atoms with E-state index in [0.717, 1.165) is 17.9 Å². The first kappa shape index (κ1) is 17.8. The average molecular weight is 382 g/mol. The molecule has 0 unspecified atom stereocenters. The Labute approximate surface area is 160 Å². The molecule has 0 aliphatic carbocycles. The third-order valence-electron chi connectivity index (χ3n) is 3.94. The molecule has 10 heteroatoms. The molecule has 144 valence electrons. The maximum absolute atomic E-state index is 13.0. The standard InChI is InChI=1S/C18H19FN8O/c1-10(2)28-16-6-15(25-26-16)27-9-22-13-4-5-14(24-18(13)27)23-11(3)17-20-7-12(19)8-21-17/h4-11H,1-3H3,(H,23,24)(H,25,26)/t11-/m0/s1. The van der Waals surface area contributed by atoms with Crippen molar-refractivity contribution >= 4 is 17.0 Å². The van der Waals surface area contributed by atoms with Crippen molar-refractivity contribution in [1.82, 2.24) is 34.7 Å². The smallest absolute Gasteiger partial charge is 0.234 e. The molecule has 0 saturated heterocycles. The van der Waals surface area contributed by atoms with Gasteiger partial charge >= 0.3 is 0 Å². The number of hydrogen-bond donors (Lipinski definition) is 2. The van der Waals surface area contributed by atoms with Crippen molar-refractivity contribution in [3.05, 3.63) is 48.6 Å². The minimum Gasteiger partial charge on any atom is -0.474 e. The van der Waals surface area contributed by atoms with Gasteiger partial charge in [-0.2, -0.15) is 0 Å². The summed E-state index contributed by atoms with van der Waals surface area (Å²) >= 11 is 0. The molecule has 0 saturated carbocycles. The Morgan fingerprint density at radius 2 is 1.93 bits per heavy atom. The number of halogens is 1. The Kier molecular flexibility index (Phi) is 4.60. The lowest BCUT2D eigenvalue weighted by molar-refractivity contribution is 0.232. The Bertz CT molecular complexity index is 1090. The zero-order valence-electron chi connectivity index (χ0n) is 15.6. The number of nitrogens with zero attached hydrogens (tertiary/aromatic N) is 6. The van der Waals surface area contributed by atoms with Crippen LogP contribution in [-0.4, -0.2) is 40.8 Å². The van der Waals surface area contributed by atoms with E-state index >= 15 is 0 Å². The van der Waals surface area contributed by atoms with E-state index in [1.54, 1.807) is 17.0 Å². The highest BCUT2D eigenvalue weighted by molar-refractivity contribution is 5.74. The maximum atomic E-state index is 13.0. The summed E-state index contributed by atoms with van der Waals surface area (Å²) in [6.07, 6.45) is 3.98. The highest BCUT2D eigenvalue weighted by Crippen LogP contribution is 2.22. The molecule has 4 rings (SSSR count). The molecule has 1 atom stereocenters. The van der Waals surface area contributed by atoms with Gasteiger partial charge in [0.05, 0.1) is 24.5 Å². The normalized spacial score (nSPS) is 12.5. The fourth-order valence-corrected chi connectivity index (χ4v) is 2.70. The number of ether oxygens (including phenoxy) is 1. The van der Waals surface area contributed by atoms with E-state index < -0.39 is 5.82 Å². The predicted octanol–water partition coefficient (Wildman–Crippen LogP) is 3.03. The molecule has 4 aromatic rings. The minimum absolute atomic E-state index is 0.0276. The van der Waals surface area contributed by atoms with Crippen LogP contribution in [0.25, 0.3) is 17.0 Å². The Hall–Kier alpha value is -3.56. The van der Waals surface area contributed by atoms with E-state index in [1.165, 1.54) is 0 Å². The first-order valence-corrected chi connectivity index (χ1v) is 8.80. The summed E-state index contributed by atoms with van der Waals surface area (Å²) in [5.74, 6) is 1.81. The van der Waals surface area contributed by atoms with Crippen LogP contribution in [0.5, 0.6) is 5.88 Å². The molecule has 9 nitrogen and oxygen atoms in total. The van der Waals surface area contributed by atoms with E-state index in [4.69, 9.17) is 4.74 Å². The summed E-state index contributed by atoms with van der Waals surface area (Å²) in [7, 11) is 0. The number of H-pyrrole nitrogens is 1. The Morgan fingerprint density at radius 3 is 2.68 bits per heavy atom. The summed E-state index contributed by atoms with van der Waals surface area (Å²) in [5, 5.41) is 10.3. The molecule has 0 radical (unpaired) electrons. The first-order valence-electron chi connectivity index (χ1n) is 8.80. The van der Waals surface area contributed by atoms with Gasteiger partial charge in [-0.05, 0) is 32.9 Å². The van der Waals surface area contributed by atoms with Gasteiger partial charge in [-0.3, -0.25) is 9.67 Å². The van der Waals surface area contributed by atoms with Crippen LogP contribution in [-0.2, 0) is 0 Å². The third-order valence-corrected chi connectivity index (χ3v) is 3.94. The lowest BCUT2D eigenvalue weighted by atomic mass is 10.3. The highest BCUT2D eigenvalue weighted by atomic mass is 19.1. The van der Waals surface area contributed by atoms with Crippen molar-refractivity contribution in [2.75, 3.05) is 5.32 Å². The van der Waals surface area contributed by atoms with E-state index in [0.29, 0.717) is 29.0 Å². The largest absolute Gasteiger partial charge is 0.474 e. The number of anilines is 1. The van der Waals surface area contributed by atoms with Crippen LogP contribution in [0.1, 0.15) is 32.6 Å². The van der Waals surface area contributed by atoms with E-state index in [-0.39, 0.29) is 12.1 Å². The molecule has 0 amide bonds. The molecule has 4 aromatic heterocycles. The lowest BCUT2D eigenvalue weighted by Crippen LogP contribution is -2.11. The molecule has 0 fully saturated rings. The SMILES string of the molecule is CC(C)Oc1cc(-n2cnc3ccc(N[C@@H](C)c4ncc(F)cn4)nc32)[nH]n1. The zero-order valence-corrected chi connectivity index (χ0v) is 15.6. The van der Waals surface area contributed by atoms with Crippen LogP contribution in [0.15, 0.2) is 36.9 Å². The van der Waals surface area contributed by atoms with Crippen molar-refractivity contribution in [3.63, 3.8) is 0 Å². The van der Waals surface area contributed by atoms with Gasteiger partial charge in [-0.25, -0.2) is 24.3 Å². The lowest BCUT2D eigenvalue weighted by Gasteiger charge is -2.13. The second kappa shape index (κ2) is 7.22. The van der Waals surface area contributed by atoms with Gasteiger partial charge in [0.2, 0.25) is 5.88 Å². The van der Waals surface area contributed by atoms with Gasteiger partial charge < -0.3 is 10.1 Å². The number of aromatic amines is 1. The molecule has 28 heavy (non-hydrogen) atoms. The van der Waals surface area contributed by atoms with Crippen LogP contribution in [0, 0.1) is 5.82 Å². The summed E-state index contributed by atoms with van der Waals surface area (Å²) in [4.78, 5) is 17.0. The third kappa shape index (κ3) is 3.61. The number of aromatic nitrogens is 7. The minimum atomic E-state index is -0.472. The van der Waals surface area contributed by atoms with E-state index in [2.05, 4.69) is 35.5 Å². The van der Waals surface area contributed by atoms with E-state index in [9.17, 15) is 4.39 Å². The van der Waals surface area contributed by atoms with Gasteiger partial charge in [0.15, 0.2) is 11.5 Å². The molecular formula is C18H19FN8O. The van der Waals surface area contributed by atoms with Crippen molar-refractivity contribution in [1.29, 1.82) is 0 Å². The van der Waals surface area contributed by atoms with Crippen LogP contribution >= 0.6 is 0 Å². The van der Waals surface area contributed by atoms with Gasteiger partial charge in [0.1, 0.15) is 29.3 Å².